The van der Waals surface area contributed by atoms with Crippen molar-refractivity contribution >= 4 is 43.1 Å². The van der Waals surface area contributed by atoms with Gasteiger partial charge < -0.3 is 0 Å². The summed E-state index contributed by atoms with van der Waals surface area (Å²) >= 11 is 0. The minimum Gasteiger partial charge on any atom is -0.264 e. The molecule has 0 unspecified atom stereocenters. The van der Waals surface area contributed by atoms with Gasteiger partial charge in [-0.05, 0) is 73.4 Å². The van der Waals surface area contributed by atoms with E-state index >= 15 is 0 Å². The number of hydrogen-bond donors (Lipinski definition) is 0. The predicted octanol–water partition coefficient (Wildman–Crippen LogP) is 8.28. The molecule has 0 aliphatic carbocycles. The van der Waals surface area contributed by atoms with Crippen molar-refractivity contribution in [3.63, 3.8) is 0 Å². The van der Waals surface area contributed by atoms with Gasteiger partial charge in [0.15, 0.2) is 17.5 Å². The fourth-order valence-corrected chi connectivity index (χ4v) is 5.62. The Hall–Kier alpha value is -5.55. The fraction of sp³-hybridized carbons (Fsp3) is 0. The second kappa shape index (κ2) is 9.03. The zero-order valence-corrected chi connectivity index (χ0v) is 21.4. The minimum atomic E-state index is 0.575. The van der Waals surface area contributed by atoms with E-state index in [1.165, 1.54) is 43.1 Å². The summed E-state index contributed by atoms with van der Waals surface area (Å²) in [4.78, 5) is 23.2. The summed E-state index contributed by atoms with van der Waals surface area (Å²) in [6.07, 6.45) is 7.05. The van der Waals surface area contributed by atoms with Gasteiger partial charge in [-0.2, -0.15) is 0 Å². The molecule has 3 aromatic heterocycles. The zero-order valence-electron chi connectivity index (χ0n) is 21.4. The first-order valence-corrected chi connectivity index (χ1v) is 13.2. The van der Waals surface area contributed by atoms with Crippen molar-refractivity contribution in [2.45, 2.75) is 0 Å². The molecule has 0 saturated carbocycles. The van der Waals surface area contributed by atoms with Gasteiger partial charge in [0.25, 0.3) is 0 Å². The van der Waals surface area contributed by atoms with Crippen molar-refractivity contribution in [3.05, 3.63) is 128 Å². The molecule has 8 aromatic rings. The molecular weight excluding hydrogens is 490 g/mol. The van der Waals surface area contributed by atoms with Crippen LogP contribution >= 0.6 is 0 Å². The summed E-state index contributed by atoms with van der Waals surface area (Å²) in [6.45, 7) is 0. The first-order valence-electron chi connectivity index (χ1n) is 13.2. The van der Waals surface area contributed by atoms with Gasteiger partial charge in [0.05, 0.1) is 0 Å². The van der Waals surface area contributed by atoms with E-state index in [-0.39, 0.29) is 0 Å². The summed E-state index contributed by atoms with van der Waals surface area (Å²) in [5.74, 6) is 1.76. The average Bonchev–Trinajstić information content (AvgIpc) is 3.05. The van der Waals surface area contributed by atoms with E-state index < -0.39 is 0 Å². The summed E-state index contributed by atoms with van der Waals surface area (Å²) in [5.41, 5.74) is 2.59. The van der Waals surface area contributed by atoms with Gasteiger partial charge in [0.2, 0.25) is 0 Å². The SMILES string of the molecule is c1cncc(-c2nc(-c3cccnc3)nc(-c3ccc4c5ccccc5c5ccc6ccccc6c5c4c3)n2)c1. The maximum atomic E-state index is 4.93. The number of aromatic nitrogens is 5. The van der Waals surface area contributed by atoms with Gasteiger partial charge >= 0.3 is 0 Å². The van der Waals surface area contributed by atoms with E-state index in [2.05, 4.69) is 88.8 Å². The van der Waals surface area contributed by atoms with Gasteiger partial charge in [-0.25, -0.2) is 15.0 Å². The van der Waals surface area contributed by atoms with Crippen LogP contribution in [-0.4, -0.2) is 24.9 Å². The Labute approximate surface area is 229 Å². The minimum absolute atomic E-state index is 0.575. The largest absolute Gasteiger partial charge is 0.264 e. The van der Waals surface area contributed by atoms with E-state index in [4.69, 9.17) is 15.0 Å². The molecule has 0 bridgehead atoms. The molecule has 186 valence electrons. The maximum absolute atomic E-state index is 4.93. The van der Waals surface area contributed by atoms with E-state index in [0.717, 1.165) is 16.7 Å². The number of pyridine rings is 2. The Morgan fingerprint density at radius 2 is 0.925 bits per heavy atom. The highest BCUT2D eigenvalue weighted by Gasteiger charge is 2.16. The Balaban J connectivity index is 1.45. The average molecular weight is 512 g/mol. The molecular formula is C35H21N5. The smallest absolute Gasteiger partial charge is 0.165 e. The molecule has 0 N–H and O–H groups in total. The number of nitrogens with zero attached hydrogens (tertiary/aromatic N) is 5. The van der Waals surface area contributed by atoms with Crippen LogP contribution in [0.2, 0.25) is 0 Å². The van der Waals surface area contributed by atoms with Crippen LogP contribution in [0, 0.1) is 0 Å². The molecule has 5 aromatic carbocycles. The third-order valence-electron chi connectivity index (χ3n) is 7.46. The number of benzene rings is 5. The van der Waals surface area contributed by atoms with Crippen LogP contribution in [0.4, 0.5) is 0 Å². The van der Waals surface area contributed by atoms with Crippen molar-refractivity contribution < 1.29 is 0 Å². The molecule has 0 spiro atoms. The summed E-state index contributed by atoms with van der Waals surface area (Å²) in [7, 11) is 0. The summed E-state index contributed by atoms with van der Waals surface area (Å²) in [6, 6.07) is 35.9. The normalized spacial score (nSPS) is 11.5. The lowest BCUT2D eigenvalue weighted by atomic mass is 9.90. The van der Waals surface area contributed by atoms with Crippen molar-refractivity contribution in [2.75, 3.05) is 0 Å². The van der Waals surface area contributed by atoms with Gasteiger partial charge in [0.1, 0.15) is 0 Å². The van der Waals surface area contributed by atoms with Crippen molar-refractivity contribution in [2.24, 2.45) is 0 Å². The molecule has 0 aliphatic rings. The standard InChI is InChI=1S/C35H21N5/c1-2-10-26-22(7-1)13-16-30-28-12-4-3-11-27(28)29-15-14-23(19-31(29)32(26)30)33-38-34(24-8-5-17-36-20-24)40-35(39-33)25-9-6-18-37-21-25/h1-21H. The topological polar surface area (TPSA) is 64.5 Å². The predicted molar refractivity (Wildman–Crippen MR) is 162 cm³/mol. The van der Waals surface area contributed by atoms with Crippen LogP contribution in [-0.2, 0) is 0 Å². The Bertz CT molecular complexity index is 2150. The van der Waals surface area contributed by atoms with Gasteiger partial charge in [0, 0.05) is 41.5 Å². The van der Waals surface area contributed by atoms with Crippen molar-refractivity contribution in [1.29, 1.82) is 0 Å². The molecule has 5 nitrogen and oxygen atoms in total. The zero-order chi connectivity index (χ0) is 26.5. The lowest BCUT2D eigenvalue weighted by molar-refractivity contribution is 1.07. The van der Waals surface area contributed by atoms with Crippen LogP contribution in [0.5, 0.6) is 0 Å². The lowest BCUT2D eigenvalue weighted by Crippen LogP contribution is -2.00. The van der Waals surface area contributed by atoms with Crippen LogP contribution < -0.4 is 0 Å². The third-order valence-corrected chi connectivity index (χ3v) is 7.46. The summed E-state index contributed by atoms with van der Waals surface area (Å²) in [5, 5.41) is 9.79. The molecule has 0 radical (unpaired) electrons. The van der Waals surface area contributed by atoms with E-state index in [9.17, 15) is 0 Å². The van der Waals surface area contributed by atoms with E-state index in [0.29, 0.717) is 17.5 Å². The van der Waals surface area contributed by atoms with Crippen LogP contribution in [0.15, 0.2) is 128 Å². The maximum Gasteiger partial charge on any atom is 0.165 e. The molecule has 0 amide bonds. The Morgan fingerprint density at radius 1 is 0.375 bits per heavy atom. The van der Waals surface area contributed by atoms with Crippen LogP contribution in [0.25, 0.3) is 77.3 Å². The van der Waals surface area contributed by atoms with Gasteiger partial charge in [-0.1, -0.05) is 72.8 Å². The number of hydrogen-bond acceptors (Lipinski definition) is 5. The Morgan fingerprint density at radius 3 is 1.57 bits per heavy atom. The molecule has 8 rings (SSSR count). The second-order valence-corrected chi connectivity index (χ2v) is 9.80. The molecule has 0 fully saturated rings. The van der Waals surface area contributed by atoms with E-state index in [1.807, 2.05) is 24.3 Å². The highest BCUT2D eigenvalue weighted by atomic mass is 15.0. The monoisotopic (exact) mass is 511 g/mol. The molecule has 3 heterocycles. The first kappa shape index (κ1) is 22.4. The molecule has 0 saturated heterocycles. The highest BCUT2D eigenvalue weighted by Crippen LogP contribution is 2.40. The lowest BCUT2D eigenvalue weighted by Gasteiger charge is -2.14. The molecule has 0 aliphatic heterocycles. The molecule has 5 heteroatoms. The first-order chi connectivity index (χ1) is 19.8. The summed E-state index contributed by atoms with van der Waals surface area (Å²) < 4.78 is 0. The quantitative estimate of drug-likeness (QED) is 0.223. The molecule has 0 atom stereocenters. The molecule has 40 heavy (non-hydrogen) atoms. The highest BCUT2D eigenvalue weighted by molar-refractivity contribution is 6.31. The Kier molecular flexibility index (Phi) is 5.07. The third kappa shape index (κ3) is 3.60. The fourth-order valence-electron chi connectivity index (χ4n) is 5.62. The van der Waals surface area contributed by atoms with Crippen LogP contribution in [0.1, 0.15) is 0 Å². The van der Waals surface area contributed by atoms with Crippen LogP contribution in [0.3, 0.4) is 0 Å². The van der Waals surface area contributed by atoms with Gasteiger partial charge in [-0.3, -0.25) is 9.97 Å². The van der Waals surface area contributed by atoms with Crippen molar-refractivity contribution in [1.82, 2.24) is 24.9 Å². The van der Waals surface area contributed by atoms with Crippen molar-refractivity contribution in [3.8, 4) is 34.2 Å². The van der Waals surface area contributed by atoms with E-state index in [1.54, 1.807) is 24.8 Å². The van der Waals surface area contributed by atoms with Gasteiger partial charge in [-0.15, -0.1) is 0 Å². The number of fused-ring (bicyclic) bond motifs is 8. The number of rotatable bonds is 3. The second-order valence-electron chi connectivity index (χ2n) is 9.80.